The summed E-state index contributed by atoms with van der Waals surface area (Å²) in [5.41, 5.74) is 7.19. The molecule has 0 radical (unpaired) electrons. The number of hydrogen-bond acceptors (Lipinski definition) is 3. The molecule has 1 atom stereocenters. The van der Waals surface area contributed by atoms with Gasteiger partial charge in [0.1, 0.15) is 11.6 Å². The number of thioether (sulfide) groups is 1. The molecule has 0 saturated carbocycles. The van der Waals surface area contributed by atoms with E-state index in [0.717, 1.165) is 17.7 Å². The Balaban J connectivity index is 1.91. The van der Waals surface area contributed by atoms with Gasteiger partial charge in [0.15, 0.2) is 0 Å². The maximum Gasteiger partial charge on any atom is 0.136 e. The molecule has 0 aliphatic heterocycles. The van der Waals surface area contributed by atoms with E-state index >= 15 is 0 Å². The van der Waals surface area contributed by atoms with Crippen LogP contribution in [0.1, 0.15) is 24.9 Å². The SMILES string of the molecule is CCCOc1ccc(C(N)CSc2ccccc2F)cc1. The Bertz CT molecular complexity index is 559. The second-order valence-electron chi connectivity index (χ2n) is 4.77. The van der Waals surface area contributed by atoms with Gasteiger partial charge in [-0.15, -0.1) is 11.8 Å². The zero-order valence-electron chi connectivity index (χ0n) is 12.1. The van der Waals surface area contributed by atoms with Crippen LogP contribution in [0.15, 0.2) is 53.4 Å². The Kier molecular flexibility index (Phi) is 6.08. The van der Waals surface area contributed by atoms with Crippen molar-refractivity contribution in [1.29, 1.82) is 0 Å². The molecule has 0 aliphatic rings. The smallest absolute Gasteiger partial charge is 0.136 e. The van der Waals surface area contributed by atoms with E-state index in [4.69, 9.17) is 10.5 Å². The molecule has 0 fully saturated rings. The number of hydrogen-bond donors (Lipinski definition) is 1. The fourth-order valence-corrected chi connectivity index (χ4v) is 2.80. The topological polar surface area (TPSA) is 35.2 Å². The molecule has 112 valence electrons. The zero-order valence-corrected chi connectivity index (χ0v) is 12.9. The average molecular weight is 305 g/mol. The van der Waals surface area contributed by atoms with Gasteiger partial charge >= 0.3 is 0 Å². The molecule has 1 unspecified atom stereocenters. The van der Waals surface area contributed by atoms with E-state index in [1.165, 1.54) is 17.8 Å². The molecule has 0 aromatic heterocycles. The minimum absolute atomic E-state index is 0.130. The van der Waals surface area contributed by atoms with Gasteiger partial charge < -0.3 is 10.5 Å². The van der Waals surface area contributed by atoms with Crippen LogP contribution in [-0.2, 0) is 0 Å². The molecule has 2 aromatic rings. The van der Waals surface area contributed by atoms with Gasteiger partial charge in [0.2, 0.25) is 0 Å². The molecule has 0 heterocycles. The van der Waals surface area contributed by atoms with Crippen LogP contribution in [0.2, 0.25) is 0 Å². The zero-order chi connectivity index (χ0) is 15.1. The van der Waals surface area contributed by atoms with Gasteiger partial charge in [0.25, 0.3) is 0 Å². The highest BCUT2D eigenvalue weighted by Crippen LogP contribution is 2.26. The molecule has 21 heavy (non-hydrogen) atoms. The van der Waals surface area contributed by atoms with Crippen LogP contribution in [0.5, 0.6) is 5.75 Å². The van der Waals surface area contributed by atoms with Gasteiger partial charge in [-0.05, 0) is 36.2 Å². The highest BCUT2D eigenvalue weighted by Gasteiger charge is 2.09. The van der Waals surface area contributed by atoms with Crippen molar-refractivity contribution in [2.75, 3.05) is 12.4 Å². The second kappa shape index (κ2) is 8.05. The molecule has 2 nitrogen and oxygen atoms in total. The summed E-state index contributed by atoms with van der Waals surface area (Å²) in [6.07, 6.45) is 0.987. The third kappa shape index (κ3) is 4.76. The molecule has 4 heteroatoms. The standard InChI is InChI=1S/C17H20FNOS/c1-2-11-20-14-9-7-13(8-10-14)16(19)12-21-17-6-4-3-5-15(17)18/h3-10,16H,2,11-12,19H2,1H3. The molecule has 0 saturated heterocycles. The van der Waals surface area contributed by atoms with E-state index in [0.29, 0.717) is 17.3 Å². The van der Waals surface area contributed by atoms with Crippen molar-refractivity contribution in [2.45, 2.75) is 24.3 Å². The Hall–Kier alpha value is -1.52. The summed E-state index contributed by atoms with van der Waals surface area (Å²) in [6, 6.07) is 14.4. The summed E-state index contributed by atoms with van der Waals surface area (Å²) in [5, 5.41) is 0. The number of rotatable bonds is 7. The average Bonchev–Trinajstić information content (AvgIpc) is 2.52. The van der Waals surface area contributed by atoms with Crippen LogP contribution in [0.4, 0.5) is 4.39 Å². The van der Waals surface area contributed by atoms with E-state index in [2.05, 4.69) is 6.92 Å². The Labute approximate surface area is 129 Å². The number of benzene rings is 2. The lowest BCUT2D eigenvalue weighted by Gasteiger charge is -2.13. The third-order valence-corrected chi connectivity index (χ3v) is 4.20. The lowest BCUT2D eigenvalue weighted by atomic mass is 10.1. The van der Waals surface area contributed by atoms with Crippen LogP contribution in [0.25, 0.3) is 0 Å². The van der Waals surface area contributed by atoms with Gasteiger partial charge in [0.05, 0.1) is 6.61 Å². The van der Waals surface area contributed by atoms with Gasteiger partial charge in [0, 0.05) is 16.7 Å². The van der Waals surface area contributed by atoms with E-state index in [1.807, 2.05) is 30.3 Å². The van der Waals surface area contributed by atoms with Gasteiger partial charge in [-0.3, -0.25) is 0 Å². The largest absolute Gasteiger partial charge is 0.494 e. The van der Waals surface area contributed by atoms with Crippen molar-refractivity contribution < 1.29 is 9.13 Å². The van der Waals surface area contributed by atoms with E-state index in [9.17, 15) is 4.39 Å². The first-order valence-electron chi connectivity index (χ1n) is 7.06. The molecule has 0 aliphatic carbocycles. The first-order valence-corrected chi connectivity index (χ1v) is 8.05. The predicted molar refractivity (Wildman–Crippen MR) is 86.3 cm³/mol. The van der Waals surface area contributed by atoms with Crippen LogP contribution in [-0.4, -0.2) is 12.4 Å². The minimum Gasteiger partial charge on any atom is -0.494 e. The first-order chi connectivity index (χ1) is 10.2. The van der Waals surface area contributed by atoms with Crippen molar-refractivity contribution in [2.24, 2.45) is 5.73 Å². The van der Waals surface area contributed by atoms with Gasteiger partial charge in [-0.1, -0.05) is 31.2 Å². The normalized spacial score (nSPS) is 12.1. The predicted octanol–water partition coefficient (Wildman–Crippen LogP) is 4.41. The van der Waals surface area contributed by atoms with Crippen LogP contribution in [0.3, 0.4) is 0 Å². The fourth-order valence-electron chi connectivity index (χ4n) is 1.87. The molecule has 2 aromatic carbocycles. The quantitative estimate of drug-likeness (QED) is 0.770. The van der Waals surface area contributed by atoms with E-state index < -0.39 is 0 Å². The van der Waals surface area contributed by atoms with Gasteiger partial charge in [-0.2, -0.15) is 0 Å². The Morgan fingerprint density at radius 1 is 1.14 bits per heavy atom. The van der Waals surface area contributed by atoms with Crippen molar-refractivity contribution in [3.05, 3.63) is 59.9 Å². The summed E-state index contributed by atoms with van der Waals surface area (Å²) in [4.78, 5) is 0.635. The molecule has 0 spiro atoms. The molecule has 0 amide bonds. The maximum absolute atomic E-state index is 13.5. The summed E-state index contributed by atoms with van der Waals surface area (Å²) < 4.78 is 19.1. The number of ether oxygens (including phenoxy) is 1. The van der Waals surface area contributed by atoms with Crippen LogP contribution >= 0.6 is 11.8 Å². The lowest BCUT2D eigenvalue weighted by Crippen LogP contribution is -2.13. The molecular formula is C17H20FNOS. The number of nitrogens with two attached hydrogens (primary N) is 1. The molecule has 2 N–H and O–H groups in total. The third-order valence-electron chi connectivity index (χ3n) is 3.04. The van der Waals surface area contributed by atoms with Crippen molar-refractivity contribution in [1.82, 2.24) is 0 Å². The summed E-state index contributed by atoms with van der Waals surface area (Å²) in [7, 11) is 0. The molecule has 0 bridgehead atoms. The summed E-state index contributed by atoms with van der Waals surface area (Å²) >= 11 is 1.44. The molecule has 2 rings (SSSR count). The highest BCUT2D eigenvalue weighted by atomic mass is 32.2. The van der Waals surface area contributed by atoms with Gasteiger partial charge in [-0.25, -0.2) is 4.39 Å². The van der Waals surface area contributed by atoms with Crippen LogP contribution in [0, 0.1) is 5.82 Å². The highest BCUT2D eigenvalue weighted by molar-refractivity contribution is 7.99. The van der Waals surface area contributed by atoms with Crippen molar-refractivity contribution in [3.8, 4) is 5.75 Å². The maximum atomic E-state index is 13.5. The number of halogens is 1. The summed E-state index contributed by atoms with van der Waals surface area (Å²) in [6.45, 7) is 2.79. The van der Waals surface area contributed by atoms with Crippen molar-refractivity contribution >= 4 is 11.8 Å². The molecular weight excluding hydrogens is 285 g/mol. The van der Waals surface area contributed by atoms with E-state index in [-0.39, 0.29) is 11.9 Å². The summed E-state index contributed by atoms with van der Waals surface area (Å²) in [5.74, 6) is 1.29. The van der Waals surface area contributed by atoms with E-state index in [1.54, 1.807) is 12.1 Å². The lowest BCUT2D eigenvalue weighted by molar-refractivity contribution is 0.317. The van der Waals surface area contributed by atoms with Crippen LogP contribution < -0.4 is 10.5 Å². The monoisotopic (exact) mass is 305 g/mol. The second-order valence-corrected chi connectivity index (χ2v) is 5.83. The minimum atomic E-state index is -0.196. The Morgan fingerprint density at radius 3 is 2.52 bits per heavy atom. The Morgan fingerprint density at radius 2 is 1.86 bits per heavy atom. The first kappa shape index (κ1) is 15.9. The van der Waals surface area contributed by atoms with Crippen molar-refractivity contribution in [3.63, 3.8) is 0 Å². The fraction of sp³-hybridized carbons (Fsp3) is 0.294.